The Balaban J connectivity index is 1.79. The highest BCUT2D eigenvalue weighted by Gasteiger charge is 2.21. The van der Waals surface area contributed by atoms with E-state index in [-0.39, 0.29) is 12.5 Å². The van der Waals surface area contributed by atoms with Gasteiger partial charge in [0.25, 0.3) is 5.91 Å². The predicted octanol–water partition coefficient (Wildman–Crippen LogP) is 4.78. The van der Waals surface area contributed by atoms with E-state index >= 15 is 0 Å². The third-order valence-corrected chi connectivity index (χ3v) is 4.71. The van der Waals surface area contributed by atoms with Crippen LogP contribution in [0, 0.1) is 0 Å². The number of aromatic nitrogens is 1. The average molecular weight is 411 g/mol. The number of hydrogen-bond acceptors (Lipinski definition) is 6. The zero-order valence-electron chi connectivity index (χ0n) is 16.0. The molecule has 0 aliphatic carbocycles. The van der Waals surface area contributed by atoms with Crippen molar-refractivity contribution in [3.63, 3.8) is 0 Å². The molecule has 0 aliphatic rings. The standard InChI is InChI=1S/C21H21N3O4S/c1-3-27-21(26)24-20-22-17(15-10-6-4-7-11-15)19(29-20)23-18(25)14(2)28-16-12-8-5-9-13-16/h4-14H,3H2,1-2H3,(H,23,25)(H,22,24,26). The Morgan fingerprint density at radius 3 is 2.34 bits per heavy atom. The normalized spacial score (nSPS) is 11.4. The number of carbonyl (C=O) groups is 2. The molecule has 0 bridgehead atoms. The lowest BCUT2D eigenvalue weighted by atomic mass is 10.1. The van der Waals surface area contributed by atoms with Crippen LogP contribution in [0.15, 0.2) is 60.7 Å². The van der Waals surface area contributed by atoms with Crippen LogP contribution >= 0.6 is 11.3 Å². The topological polar surface area (TPSA) is 89.5 Å². The molecule has 1 atom stereocenters. The van der Waals surface area contributed by atoms with Gasteiger partial charge in [0.15, 0.2) is 11.2 Å². The summed E-state index contributed by atoms with van der Waals surface area (Å²) in [6.45, 7) is 3.64. The van der Waals surface area contributed by atoms with E-state index in [0.717, 1.165) is 16.9 Å². The lowest BCUT2D eigenvalue weighted by Gasteiger charge is -2.14. The Labute approximate surface area is 172 Å². The molecular weight excluding hydrogens is 390 g/mol. The maximum Gasteiger partial charge on any atom is 0.413 e. The first-order chi connectivity index (χ1) is 14.1. The fraction of sp³-hybridized carbons (Fsp3) is 0.190. The minimum absolute atomic E-state index is 0.251. The van der Waals surface area contributed by atoms with Crippen LogP contribution in [-0.4, -0.2) is 29.7 Å². The number of para-hydroxylation sites is 1. The van der Waals surface area contributed by atoms with E-state index in [1.165, 1.54) is 0 Å². The third-order valence-electron chi connectivity index (χ3n) is 3.82. The van der Waals surface area contributed by atoms with E-state index in [9.17, 15) is 9.59 Å². The van der Waals surface area contributed by atoms with Gasteiger partial charge in [-0.15, -0.1) is 0 Å². The number of nitrogens with one attached hydrogen (secondary N) is 2. The van der Waals surface area contributed by atoms with Gasteiger partial charge in [-0.1, -0.05) is 59.9 Å². The Morgan fingerprint density at radius 2 is 1.69 bits per heavy atom. The van der Waals surface area contributed by atoms with E-state index in [0.29, 0.717) is 21.6 Å². The summed E-state index contributed by atoms with van der Waals surface area (Å²) in [7, 11) is 0. The first-order valence-electron chi connectivity index (χ1n) is 9.09. The van der Waals surface area contributed by atoms with E-state index in [2.05, 4.69) is 15.6 Å². The smallest absolute Gasteiger partial charge is 0.413 e. The van der Waals surface area contributed by atoms with Crippen LogP contribution in [0.5, 0.6) is 5.75 Å². The third kappa shape index (κ3) is 5.55. The van der Waals surface area contributed by atoms with Crippen LogP contribution in [0.4, 0.5) is 14.9 Å². The van der Waals surface area contributed by atoms with Crippen molar-refractivity contribution < 1.29 is 19.1 Å². The molecule has 0 radical (unpaired) electrons. The lowest BCUT2D eigenvalue weighted by Crippen LogP contribution is -2.30. The first kappa shape index (κ1) is 20.3. The maximum atomic E-state index is 12.7. The molecular formula is C21H21N3O4S. The number of benzene rings is 2. The quantitative estimate of drug-likeness (QED) is 0.584. The molecule has 0 aliphatic heterocycles. The molecule has 0 saturated heterocycles. The monoisotopic (exact) mass is 411 g/mol. The zero-order chi connectivity index (χ0) is 20.6. The van der Waals surface area contributed by atoms with Crippen molar-refractivity contribution in [3.8, 4) is 17.0 Å². The Bertz CT molecular complexity index is 961. The SMILES string of the molecule is CCOC(=O)Nc1nc(-c2ccccc2)c(NC(=O)C(C)Oc2ccccc2)s1. The number of anilines is 2. The second-order valence-electron chi connectivity index (χ2n) is 5.97. The summed E-state index contributed by atoms with van der Waals surface area (Å²) in [5.74, 6) is 0.282. The summed E-state index contributed by atoms with van der Waals surface area (Å²) in [5, 5.41) is 6.27. The van der Waals surface area contributed by atoms with Crippen molar-refractivity contribution in [2.24, 2.45) is 0 Å². The largest absolute Gasteiger partial charge is 0.481 e. The van der Waals surface area contributed by atoms with E-state index in [4.69, 9.17) is 9.47 Å². The number of hydrogen-bond donors (Lipinski definition) is 2. The number of nitrogens with zero attached hydrogens (tertiary/aromatic N) is 1. The minimum atomic E-state index is -0.718. The van der Waals surface area contributed by atoms with Gasteiger partial charge >= 0.3 is 6.09 Å². The molecule has 8 heteroatoms. The maximum absolute atomic E-state index is 12.7. The number of amides is 2. The van der Waals surface area contributed by atoms with Crippen LogP contribution in [0.1, 0.15) is 13.8 Å². The second kappa shape index (κ2) is 9.70. The molecule has 29 heavy (non-hydrogen) atoms. The summed E-state index contributed by atoms with van der Waals surface area (Å²) >= 11 is 1.15. The minimum Gasteiger partial charge on any atom is -0.481 e. The van der Waals surface area contributed by atoms with E-state index < -0.39 is 12.2 Å². The lowest BCUT2D eigenvalue weighted by molar-refractivity contribution is -0.122. The molecule has 0 spiro atoms. The Hall–Kier alpha value is -3.39. The Morgan fingerprint density at radius 1 is 1.03 bits per heavy atom. The number of carbonyl (C=O) groups excluding carboxylic acids is 2. The summed E-state index contributed by atoms with van der Waals surface area (Å²) in [4.78, 5) is 28.8. The van der Waals surface area contributed by atoms with Crippen molar-refractivity contribution >= 4 is 33.5 Å². The molecule has 2 amide bonds. The van der Waals surface area contributed by atoms with E-state index in [1.807, 2.05) is 48.5 Å². The number of rotatable bonds is 7. The van der Waals surface area contributed by atoms with Gasteiger partial charge in [0.05, 0.1) is 6.61 Å². The first-order valence-corrected chi connectivity index (χ1v) is 9.91. The van der Waals surface area contributed by atoms with Crippen molar-refractivity contribution in [2.75, 3.05) is 17.2 Å². The summed E-state index contributed by atoms with van der Waals surface area (Å²) in [6.07, 6.45) is -1.32. The molecule has 0 fully saturated rings. The van der Waals surface area contributed by atoms with Gasteiger partial charge in [-0.2, -0.15) is 0 Å². The van der Waals surface area contributed by atoms with Crippen molar-refractivity contribution in [1.29, 1.82) is 0 Å². The molecule has 1 aromatic heterocycles. The molecule has 150 valence electrons. The molecule has 7 nitrogen and oxygen atoms in total. The van der Waals surface area contributed by atoms with Gasteiger partial charge in [0.2, 0.25) is 0 Å². The molecule has 3 aromatic rings. The predicted molar refractivity (Wildman–Crippen MR) is 113 cm³/mol. The zero-order valence-corrected chi connectivity index (χ0v) is 16.9. The summed E-state index contributed by atoms with van der Waals surface area (Å²) in [5.41, 5.74) is 1.37. The van der Waals surface area contributed by atoms with Crippen molar-refractivity contribution in [3.05, 3.63) is 60.7 Å². The fourth-order valence-electron chi connectivity index (χ4n) is 2.47. The molecule has 0 saturated carbocycles. The average Bonchev–Trinajstić information content (AvgIpc) is 3.11. The van der Waals surface area contributed by atoms with Gasteiger partial charge in [-0.25, -0.2) is 9.78 Å². The van der Waals surface area contributed by atoms with E-state index in [1.54, 1.807) is 26.0 Å². The number of ether oxygens (including phenoxy) is 2. The van der Waals surface area contributed by atoms with Gasteiger partial charge in [0, 0.05) is 5.56 Å². The second-order valence-corrected chi connectivity index (χ2v) is 6.97. The fourth-order valence-corrected chi connectivity index (χ4v) is 3.35. The summed E-state index contributed by atoms with van der Waals surface area (Å²) < 4.78 is 10.6. The molecule has 1 unspecified atom stereocenters. The summed E-state index contributed by atoms with van der Waals surface area (Å²) in [6, 6.07) is 18.5. The highest BCUT2D eigenvalue weighted by atomic mass is 32.1. The van der Waals surface area contributed by atoms with Crippen LogP contribution < -0.4 is 15.4 Å². The molecule has 2 aromatic carbocycles. The van der Waals surface area contributed by atoms with Crippen LogP contribution in [-0.2, 0) is 9.53 Å². The molecule has 3 rings (SSSR count). The van der Waals surface area contributed by atoms with Crippen LogP contribution in [0.25, 0.3) is 11.3 Å². The molecule has 1 heterocycles. The highest BCUT2D eigenvalue weighted by molar-refractivity contribution is 7.20. The highest BCUT2D eigenvalue weighted by Crippen LogP contribution is 2.36. The molecule has 2 N–H and O–H groups in total. The van der Waals surface area contributed by atoms with Crippen molar-refractivity contribution in [2.45, 2.75) is 20.0 Å². The Kier molecular flexibility index (Phi) is 6.80. The van der Waals surface area contributed by atoms with Crippen molar-refractivity contribution in [1.82, 2.24) is 4.98 Å². The van der Waals surface area contributed by atoms with Gasteiger partial charge in [0.1, 0.15) is 16.4 Å². The van der Waals surface area contributed by atoms with Gasteiger partial charge < -0.3 is 14.8 Å². The van der Waals surface area contributed by atoms with Crippen LogP contribution in [0.2, 0.25) is 0 Å². The number of thiazole rings is 1. The van der Waals surface area contributed by atoms with Gasteiger partial charge in [-0.05, 0) is 26.0 Å². The van der Waals surface area contributed by atoms with Crippen LogP contribution in [0.3, 0.4) is 0 Å². The van der Waals surface area contributed by atoms with Gasteiger partial charge in [-0.3, -0.25) is 10.1 Å².